The zero-order valence-electron chi connectivity index (χ0n) is 7.21. The number of rotatable bonds is 2. The van der Waals surface area contributed by atoms with E-state index in [1.165, 1.54) is 0 Å². The number of carbonyl (C=O) groups is 1. The highest BCUT2D eigenvalue weighted by Gasteiger charge is 2.13. The van der Waals surface area contributed by atoms with Gasteiger partial charge in [0.15, 0.2) is 5.43 Å². The summed E-state index contributed by atoms with van der Waals surface area (Å²) in [6.45, 7) is 0. The highest BCUT2D eigenvalue weighted by Crippen LogP contribution is 2.14. The molecule has 1 N–H and O–H groups in total. The van der Waals surface area contributed by atoms with E-state index in [9.17, 15) is 18.4 Å². The minimum absolute atomic E-state index is 0.282. The van der Waals surface area contributed by atoms with E-state index in [2.05, 4.69) is 9.72 Å². The summed E-state index contributed by atoms with van der Waals surface area (Å²) in [5.74, 6) is -0.857. The molecule has 0 aliphatic rings. The van der Waals surface area contributed by atoms with E-state index < -0.39 is 23.5 Å². The number of halogens is 2. The largest absolute Gasteiger partial charge is 0.464 e. The third-order valence-corrected chi connectivity index (χ3v) is 1.50. The maximum absolute atomic E-state index is 12.2. The summed E-state index contributed by atoms with van der Waals surface area (Å²) in [6.07, 6.45) is -2.83. The first-order valence-electron chi connectivity index (χ1n) is 3.65. The lowest BCUT2D eigenvalue weighted by molar-refractivity contribution is 0.0592. The Morgan fingerprint density at radius 1 is 1.50 bits per heavy atom. The molecule has 0 aliphatic carbocycles. The summed E-state index contributed by atoms with van der Waals surface area (Å²) < 4.78 is 28.6. The smallest absolute Gasteiger partial charge is 0.354 e. The third kappa shape index (κ3) is 2.15. The van der Waals surface area contributed by atoms with Gasteiger partial charge >= 0.3 is 5.97 Å². The van der Waals surface area contributed by atoms with Crippen molar-refractivity contribution >= 4 is 5.97 Å². The highest BCUT2D eigenvalue weighted by molar-refractivity contribution is 5.87. The molecular weight excluding hydrogens is 196 g/mol. The molecule has 0 unspecified atom stereocenters. The zero-order valence-corrected chi connectivity index (χ0v) is 7.21. The maximum atomic E-state index is 12.2. The lowest BCUT2D eigenvalue weighted by atomic mass is 10.3. The van der Waals surface area contributed by atoms with Crippen LogP contribution in [0.15, 0.2) is 16.9 Å². The fourth-order valence-corrected chi connectivity index (χ4v) is 0.902. The summed E-state index contributed by atoms with van der Waals surface area (Å²) in [4.78, 5) is 23.9. The Balaban J connectivity index is 3.20. The van der Waals surface area contributed by atoms with E-state index in [1.54, 1.807) is 0 Å². The topological polar surface area (TPSA) is 59.2 Å². The van der Waals surface area contributed by atoms with Gasteiger partial charge in [-0.2, -0.15) is 0 Å². The molecule has 1 heterocycles. The third-order valence-electron chi connectivity index (χ3n) is 1.50. The molecule has 1 rings (SSSR count). The summed E-state index contributed by atoms with van der Waals surface area (Å²) in [5, 5.41) is 0. The van der Waals surface area contributed by atoms with Crippen molar-refractivity contribution in [3.63, 3.8) is 0 Å². The molecule has 4 nitrogen and oxygen atoms in total. The van der Waals surface area contributed by atoms with E-state index in [4.69, 9.17) is 0 Å². The van der Waals surface area contributed by atoms with Crippen molar-refractivity contribution in [1.82, 2.24) is 4.98 Å². The molecular formula is C8H7F2NO3. The Morgan fingerprint density at radius 2 is 2.14 bits per heavy atom. The number of aromatic amines is 1. The maximum Gasteiger partial charge on any atom is 0.354 e. The van der Waals surface area contributed by atoms with Gasteiger partial charge in [0, 0.05) is 12.1 Å². The van der Waals surface area contributed by atoms with Crippen molar-refractivity contribution in [3.05, 3.63) is 33.7 Å². The van der Waals surface area contributed by atoms with Crippen LogP contribution < -0.4 is 5.43 Å². The van der Waals surface area contributed by atoms with Crippen LogP contribution in [0.25, 0.3) is 0 Å². The molecule has 0 amide bonds. The molecule has 0 aromatic carbocycles. The van der Waals surface area contributed by atoms with Gasteiger partial charge in [-0.15, -0.1) is 0 Å². The standard InChI is InChI=1S/C8H7F2NO3/c1-14-8(13)6-3-4(12)2-5(11-6)7(9)10/h2-3,7H,1H3,(H,11,12). The van der Waals surface area contributed by atoms with Gasteiger partial charge in [0.05, 0.1) is 12.8 Å². The van der Waals surface area contributed by atoms with Gasteiger partial charge in [0.1, 0.15) is 5.69 Å². The van der Waals surface area contributed by atoms with Crippen LogP contribution >= 0.6 is 0 Å². The van der Waals surface area contributed by atoms with Crippen molar-refractivity contribution in [2.45, 2.75) is 6.43 Å². The molecule has 1 aromatic heterocycles. The molecule has 76 valence electrons. The zero-order chi connectivity index (χ0) is 10.7. The van der Waals surface area contributed by atoms with Crippen molar-refractivity contribution in [2.75, 3.05) is 7.11 Å². The van der Waals surface area contributed by atoms with E-state index in [0.29, 0.717) is 0 Å². The van der Waals surface area contributed by atoms with Gasteiger partial charge in [-0.1, -0.05) is 0 Å². The van der Waals surface area contributed by atoms with E-state index in [-0.39, 0.29) is 5.69 Å². The first kappa shape index (κ1) is 10.4. The Morgan fingerprint density at radius 3 is 2.64 bits per heavy atom. The van der Waals surface area contributed by atoms with Crippen LogP contribution in [0.3, 0.4) is 0 Å². The SMILES string of the molecule is COC(=O)c1cc(=O)cc(C(F)F)[nH]1. The number of ether oxygens (including phenoxy) is 1. The fourth-order valence-electron chi connectivity index (χ4n) is 0.902. The number of H-pyrrole nitrogens is 1. The van der Waals surface area contributed by atoms with Crippen molar-refractivity contribution < 1.29 is 18.3 Å². The van der Waals surface area contributed by atoms with E-state index >= 15 is 0 Å². The summed E-state index contributed by atoms with van der Waals surface area (Å²) in [5.41, 5.74) is -1.55. The second-order valence-electron chi connectivity index (χ2n) is 2.48. The van der Waals surface area contributed by atoms with Crippen LogP contribution in [0.4, 0.5) is 8.78 Å². The number of methoxy groups -OCH3 is 1. The molecule has 6 heteroatoms. The van der Waals surface area contributed by atoms with Crippen molar-refractivity contribution in [3.8, 4) is 0 Å². The van der Waals surface area contributed by atoms with Crippen molar-refractivity contribution in [2.24, 2.45) is 0 Å². The Kier molecular flexibility index (Phi) is 2.95. The minimum atomic E-state index is -2.83. The quantitative estimate of drug-likeness (QED) is 0.732. The van der Waals surface area contributed by atoms with Gasteiger partial charge in [0.2, 0.25) is 0 Å². The van der Waals surface area contributed by atoms with Gasteiger partial charge < -0.3 is 9.72 Å². The molecule has 0 radical (unpaired) electrons. The molecule has 0 atom stereocenters. The predicted molar refractivity (Wildman–Crippen MR) is 43.4 cm³/mol. The number of hydrogen-bond donors (Lipinski definition) is 1. The molecule has 1 aromatic rings. The Hall–Kier alpha value is -1.72. The molecule has 0 spiro atoms. The average molecular weight is 203 g/mol. The number of esters is 1. The molecule has 14 heavy (non-hydrogen) atoms. The second kappa shape index (κ2) is 3.99. The first-order valence-corrected chi connectivity index (χ1v) is 3.65. The molecule has 0 bridgehead atoms. The van der Waals surface area contributed by atoms with Crippen molar-refractivity contribution in [1.29, 1.82) is 0 Å². The lowest BCUT2D eigenvalue weighted by Gasteiger charge is -2.02. The van der Waals surface area contributed by atoms with Gasteiger partial charge in [-0.25, -0.2) is 13.6 Å². The average Bonchev–Trinajstić information content (AvgIpc) is 2.15. The molecule has 0 saturated heterocycles. The second-order valence-corrected chi connectivity index (χ2v) is 2.48. The summed E-state index contributed by atoms with van der Waals surface area (Å²) in [6, 6.07) is 1.63. The Labute approximate surface area is 77.5 Å². The van der Waals surface area contributed by atoms with Crippen LogP contribution in [0, 0.1) is 0 Å². The van der Waals surface area contributed by atoms with Crippen LogP contribution in [-0.4, -0.2) is 18.1 Å². The van der Waals surface area contributed by atoms with Crippen LogP contribution in [-0.2, 0) is 4.74 Å². The molecule has 0 aliphatic heterocycles. The van der Waals surface area contributed by atoms with Crippen LogP contribution in [0.5, 0.6) is 0 Å². The van der Waals surface area contributed by atoms with Crippen LogP contribution in [0.1, 0.15) is 22.6 Å². The monoisotopic (exact) mass is 203 g/mol. The van der Waals surface area contributed by atoms with Gasteiger partial charge in [-0.05, 0) is 0 Å². The number of nitrogens with one attached hydrogen (secondary N) is 1. The van der Waals surface area contributed by atoms with Gasteiger partial charge in [0.25, 0.3) is 6.43 Å². The fraction of sp³-hybridized carbons (Fsp3) is 0.250. The predicted octanol–water partition coefficient (Wildman–Crippen LogP) is 1.10. The number of hydrogen-bond acceptors (Lipinski definition) is 3. The number of pyridine rings is 1. The number of alkyl halides is 2. The van der Waals surface area contributed by atoms with Gasteiger partial charge in [-0.3, -0.25) is 4.79 Å². The lowest BCUT2D eigenvalue weighted by Crippen LogP contribution is -2.12. The molecule has 0 saturated carbocycles. The van der Waals surface area contributed by atoms with E-state index in [0.717, 1.165) is 19.2 Å². The number of aromatic nitrogens is 1. The minimum Gasteiger partial charge on any atom is -0.464 e. The van der Waals surface area contributed by atoms with Crippen LogP contribution in [0.2, 0.25) is 0 Å². The Bertz CT molecular complexity index is 400. The summed E-state index contributed by atoms with van der Waals surface area (Å²) >= 11 is 0. The molecule has 0 fully saturated rings. The summed E-state index contributed by atoms with van der Waals surface area (Å²) in [7, 11) is 1.09. The highest BCUT2D eigenvalue weighted by atomic mass is 19.3. The van der Waals surface area contributed by atoms with E-state index in [1.807, 2.05) is 0 Å². The first-order chi connectivity index (χ1) is 6.54. The number of carbonyl (C=O) groups excluding carboxylic acids is 1. The normalized spacial score (nSPS) is 10.3.